The molecule has 3 nitrogen and oxygen atoms in total. The molecular weight excluding hydrogens is 210 g/mol. The Balaban J connectivity index is 2.22. The van der Waals surface area contributed by atoms with Gasteiger partial charge in [0.2, 0.25) is 0 Å². The van der Waals surface area contributed by atoms with Gasteiger partial charge in [-0.3, -0.25) is 0 Å². The highest BCUT2D eigenvalue weighted by molar-refractivity contribution is 5.46. The highest BCUT2D eigenvalue weighted by Crippen LogP contribution is 2.23. The zero-order valence-corrected chi connectivity index (χ0v) is 11.2. The van der Waals surface area contributed by atoms with Gasteiger partial charge in [0.25, 0.3) is 0 Å². The highest BCUT2D eigenvalue weighted by Gasteiger charge is 2.17. The Morgan fingerprint density at radius 2 is 2.18 bits per heavy atom. The number of nitrogens with zero attached hydrogens (tertiary/aromatic N) is 3. The van der Waals surface area contributed by atoms with Crippen molar-refractivity contribution in [2.75, 3.05) is 18.0 Å². The van der Waals surface area contributed by atoms with Crippen LogP contribution >= 0.6 is 0 Å². The second kappa shape index (κ2) is 5.48. The van der Waals surface area contributed by atoms with E-state index in [0.29, 0.717) is 0 Å². The Morgan fingerprint density at radius 1 is 1.35 bits per heavy atom. The Hall–Kier alpha value is -1.12. The van der Waals surface area contributed by atoms with Gasteiger partial charge in [0.05, 0.1) is 0 Å². The minimum Gasteiger partial charge on any atom is -0.356 e. The maximum atomic E-state index is 4.65. The molecule has 1 aliphatic rings. The molecule has 1 fully saturated rings. The number of aromatic nitrogens is 2. The fraction of sp³-hybridized carbons (Fsp3) is 0.714. The first-order chi connectivity index (χ1) is 8.20. The molecule has 1 atom stereocenters. The third-order valence-corrected chi connectivity index (χ3v) is 3.66. The molecule has 0 spiro atoms. The quantitative estimate of drug-likeness (QED) is 0.786. The zero-order valence-electron chi connectivity index (χ0n) is 11.2. The molecule has 0 saturated carbocycles. The molecule has 94 valence electrons. The molecular formula is C14H23N3. The van der Waals surface area contributed by atoms with Gasteiger partial charge in [0.15, 0.2) is 0 Å². The van der Waals surface area contributed by atoms with Crippen molar-refractivity contribution in [2.24, 2.45) is 5.92 Å². The SMILES string of the molecule is CCc1cnc(C)nc1N1CCCC(C)CC1. The van der Waals surface area contributed by atoms with E-state index in [4.69, 9.17) is 0 Å². The van der Waals surface area contributed by atoms with Crippen LogP contribution in [0.1, 0.15) is 44.5 Å². The summed E-state index contributed by atoms with van der Waals surface area (Å²) in [5.41, 5.74) is 1.28. The van der Waals surface area contributed by atoms with Gasteiger partial charge in [-0.05, 0) is 38.5 Å². The van der Waals surface area contributed by atoms with Crippen LogP contribution in [-0.2, 0) is 6.42 Å². The molecule has 1 unspecified atom stereocenters. The van der Waals surface area contributed by atoms with Crippen LogP contribution in [0.4, 0.5) is 5.82 Å². The van der Waals surface area contributed by atoms with E-state index in [1.54, 1.807) is 0 Å². The molecule has 0 N–H and O–H groups in total. The summed E-state index contributed by atoms with van der Waals surface area (Å²) in [6.07, 6.45) is 6.93. The summed E-state index contributed by atoms with van der Waals surface area (Å²) in [5, 5.41) is 0. The van der Waals surface area contributed by atoms with E-state index in [-0.39, 0.29) is 0 Å². The number of hydrogen-bond donors (Lipinski definition) is 0. The first kappa shape index (κ1) is 12.3. The van der Waals surface area contributed by atoms with E-state index in [1.165, 1.54) is 30.6 Å². The summed E-state index contributed by atoms with van der Waals surface area (Å²) < 4.78 is 0. The normalized spacial score (nSPS) is 21.4. The molecule has 0 aliphatic carbocycles. The monoisotopic (exact) mass is 233 g/mol. The van der Waals surface area contributed by atoms with Crippen molar-refractivity contribution in [1.82, 2.24) is 9.97 Å². The maximum Gasteiger partial charge on any atom is 0.135 e. The topological polar surface area (TPSA) is 29.0 Å². The summed E-state index contributed by atoms with van der Waals surface area (Å²) in [6, 6.07) is 0. The van der Waals surface area contributed by atoms with E-state index in [1.807, 2.05) is 13.1 Å². The minimum absolute atomic E-state index is 0.855. The Morgan fingerprint density at radius 3 is 2.94 bits per heavy atom. The van der Waals surface area contributed by atoms with Gasteiger partial charge in [0.1, 0.15) is 11.6 Å². The smallest absolute Gasteiger partial charge is 0.135 e. The van der Waals surface area contributed by atoms with Crippen LogP contribution in [0.3, 0.4) is 0 Å². The van der Waals surface area contributed by atoms with Crippen molar-refractivity contribution in [3.8, 4) is 0 Å². The second-order valence-electron chi connectivity index (χ2n) is 5.14. The number of rotatable bonds is 2. The summed E-state index contributed by atoms with van der Waals surface area (Å²) in [4.78, 5) is 11.4. The van der Waals surface area contributed by atoms with Crippen LogP contribution in [0.25, 0.3) is 0 Å². The molecule has 2 rings (SSSR count). The van der Waals surface area contributed by atoms with Crippen LogP contribution in [-0.4, -0.2) is 23.1 Å². The Labute approximate surface area is 104 Å². The van der Waals surface area contributed by atoms with Gasteiger partial charge in [0, 0.05) is 24.8 Å². The predicted octanol–water partition coefficient (Wildman–Crippen LogP) is 2.97. The van der Waals surface area contributed by atoms with E-state index in [2.05, 4.69) is 28.7 Å². The van der Waals surface area contributed by atoms with Crippen LogP contribution in [0.5, 0.6) is 0 Å². The molecule has 17 heavy (non-hydrogen) atoms. The number of aryl methyl sites for hydroxylation is 2. The van der Waals surface area contributed by atoms with Gasteiger partial charge in [-0.1, -0.05) is 13.8 Å². The maximum absolute atomic E-state index is 4.65. The fourth-order valence-corrected chi connectivity index (χ4v) is 2.48. The van der Waals surface area contributed by atoms with Gasteiger partial charge in [-0.15, -0.1) is 0 Å². The molecule has 1 saturated heterocycles. The molecule has 0 bridgehead atoms. The van der Waals surface area contributed by atoms with Crippen molar-refractivity contribution in [2.45, 2.75) is 46.5 Å². The van der Waals surface area contributed by atoms with E-state index < -0.39 is 0 Å². The number of anilines is 1. The molecule has 0 aromatic carbocycles. The molecule has 0 radical (unpaired) electrons. The first-order valence-corrected chi connectivity index (χ1v) is 6.78. The summed E-state index contributed by atoms with van der Waals surface area (Å²) in [5.74, 6) is 2.91. The molecule has 0 amide bonds. The van der Waals surface area contributed by atoms with Crippen molar-refractivity contribution in [3.63, 3.8) is 0 Å². The Bertz CT molecular complexity index is 376. The molecule has 1 aromatic heterocycles. The van der Waals surface area contributed by atoms with E-state index >= 15 is 0 Å². The van der Waals surface area contributed by atoms with Crippen molar-refractivity contribution in [3.05, 3.63) is 17.6 Å². The van der Waals surface area contributed by atoms with Gasteiger partial charge < -0.3 is 4.90 Å². The zero-order chi connectivity index (χ0) is 12.3. The molecule has 1 aromatic rings. The molecule has 3 heteroatoms. The van der Waals surface area contributed by atoms with E-state index in [9.17, 15) is 0 Å². The number of hydrogen-bond acceptors (Lipinski definition) is 3. The van der Waals surface area contributed by atoms with Gasteiger partial charge in [-0.2, -0.15) is 0 Å². The van der Waals surface area contributed by atoms with Gasteiger partial charge >= 0.3 is 0 Å². The van der Waals surface area contributed by atoms with Crippen LogP contribution < -0.4 is 4.90 Å². The van der Waals surface area contributed by atoms with Crippen molar-refractivity contribution in [1.29, 1.82) is 0 Å². The highest BCUT2D eigenvalue weighted by atomic mass is 15.2. The van der Waals surface area contributed by atoms with Crippen molar-refractivity contribution >= 4 is 5.82 Å². The van der Waals surface area contributed by atoms with Crippen molar-refractivity contribution < 1.29 is 0 Å². The fourth-order valence-electron chi connectivity index (χ4n) is 2.48. The molecule has 1 aliphatic heterocycles. The summed E-state index contributed by atoms with van der Waals surface area (Å²) >= 11 is 0. The lowest BCUT2D eigenvalue weighted by atomic mass is 10.0. The molecule has 2 heterocycles. The Kier molecular flexibility index (Phi) is 3.97. The lowest BCUT2D eigenvalue weighted by Crippen LogP contribution is -2.26. The van der Waals surface area contributed by atoms with Crippen LogP contribution in [0.15, 0.2) is 6.20 Å². The largest absolute Gasteiger partial charge is 0.356 e. The van der Waals surface area contributed by atoms with Gasteiger partial charge in [-0.25, -0.2) is 9.97 Å². The van der Waals surface area contributed by atoms with Crippen LogP contribution in [0, 0.1) is 12.8 Å². The summed E-state index contributed by atoms with van der Waals surface area (Å²) in [6.45, 7) is 8.80. The predicted molar refractivity (Wildman–Crippen MR) is 71.4 cm³/mol. The third kappa shape index (κ3) is 2.96. The minimum atomic E-state index is 0.855. The van der Waals surface area contributed by atoms with E-state index in [0.717, 1.165) is 31.3 Å². The average Bonchev–Trinajstić information content (AvgIpc) is 2.54. The lowest BCUT2D eigenvalue weighted by molar-refractivity contribution is 0.521. The lowest BCUT2D eigenvalue weighted by Gasteiger charge is -2.24. The van der Waals surface area contributed by atoms with Crippen LogP contribution in [0.2, 0.25) is 0 Å². The third-order valence-electron chi connectivity index (χ3n) is 3.66. The first-order valence-electron chi connectivity index (χ1n) is 6.78. The summed E-state index contributed by atoms with van der Waals surface area (Å²) in [7, 11) is 0. The second-order valence-corrected chi connectivity index (χ2v) is 5.14. The standard InChI is InChI=1S/C14H23N3/c1-4-13-10-15-12(3)16-14(13)17-8-5-6-11(2)7-9-17/h10-11H,4-9H2,1-3H3. The average molecular weight is 233 g/mol.